The summed E-state index contributed by atoms with van der Waals surface area (Å²) in [4.78, 5) is 27.5. The molecule has 2 aromatic rings. The molecular weight excluding hydrogens is 464 g/mol. The first-order valence-corrected chi connectivity index (χ1v) is 12.4. The van der Waals surface area contributed by atoms with E-state index in [0.29, 0.717) is 41.7 Å². The van der Waals surface area contributed by atoms with Crippen LogP contribution in [0, 0.1) is 5.92 Å². The van der Waals surface area contributed by atoms with Gasteiger partial charge in [-0.15, -0.1) is 0 Å². The van der Waals surface area contributed by atoms with Crippen LogP contribution >= 0.6 is 11.6 Å². The zero-order valence-corrected chi connectivity index (χ0v) is 21.6. The van der Waals surface area contributed by atoms with Crippen LogP contribution in [-0.2, 0) is 22.6 Å². The number of ether oxygens (including phenoxy) is 1. The fraction of sp³-hybridized carbons (Fsp3) is 0.444. The number of aromatic nitrogens is 2. The van der Waals surface area contributed by atoms with E-state index in [4.69, 9.17) is 16.3 Å². The van der Waals surface area contributed by atoms with Crippen LogP contribution in [0.3, 0.4) is 0 Å². The second kappa shape index (κ2) is 10.3. The molecule has 1 aromatic carbocycles. The molecule has 1 saturated carbocycles. The maximum absolute atomic E-state index is 13.0. The summed E-state index contributed by atoms with van der Waals surface area (Å²) < 4.78 is 7.18. The van der Waals surface area contributed by atoms with Gasteiger partial charge in [-0.25, -0.2) is 4.68 Å². The number of nitrogens with zero attached hydrogens (tertiary/aromatic N) is 3. The van der Waals surface area contributed by atoms with Crippen LogP contribution in [0.1, 0.15) is 45.7 Å². The number of nitrogens with one attached hydrogen (secondary N) is 1. The number of hydrogen-bond acceptors (Lipinski definition) is 5. The highest BCUT2D eigenvalue weighted by atomic mass is 35.5. The monoisotopic (exact) mass is 496 g/mol. The van der Waals surface area contributed by atoms with Gasteiger partial charge in [0, 0.05) is 24.2 Å². The largest absolute Gasteiger partial charge is 0.492 e. The fourth-order valence-electron chi connectivity index (χ4n) is 3.99. The molecule has 8 heteroatoms. The molecule has 7 nitrogen and oxygen atoms in total. The molecule has 0 aliphatic heterocycles. The van der Waals surface area contributed by atoms with Crippen molar-refractivity contribution in [2.45, 2.75) is 58.7 Å². The van der Waals surface area contributed by atoms with Crippen molar-refractivity contribution in [1.29, 1.82) is 0 Å². The molecule has 1 fully saturated rings. The molecule has 0 saturated heterocycles. The second-order valence-electron chi connectivity index (χ2n) is 10.4. The van der Waals surface area contributed by atoms with Crippen molar-refractivity contribution >= 4 is 28.3 Å². The fourth-order valence-corrected chi connectivity index (χ4v) is 4.17. The molecule has 1 amide bonds. The SMILES string of the molecule is CN(/C=C1/C=C(OCC2CC2)C(Cl)=CC1)Cc1nn(CC(=O)NC(C)(C)C)c(=O)c2ccccc12. The van der Waals surface area contributed by atoms with E-state index < -0.39 is 5.54 Å². The van der Waals surface area contributed by atoms with Crippen LogP contribution in [0.5, 0.6) is 0 Å². The Morgan fingerprint density at radius 3 is 2.69 bits per heavy atom. The van der Waals surface area contributed by atoms with Gasteiger partial charge in [0.15, 0.2) is 0 Å². The summed E-state index contributed by atoms with van der Waals surface area (Å²) in [5.41, 5.74) is 1.13. The van der Waals surface area contributed by atoms with Crippen molar-refractivity contribution in [3.05, 3.63) is 75.0 Å². The van der Waals surface area contributed by atoms with Crippen molar-refractivity contribution < 1.29 is 9.53 Å². The highest BCUT2D eigenvalue weighted by Crippen LogP contribution is 2.32. The molecule has 0 radical (unpaired) electrons. The highest BCUT2D eigenvalue weighted by Gasteiger charge is 2.23. The molecule has 0 spiro atoms. The molecular formula is C27H33ClN4O3. The van der Waals surface area contributed by atoms with Crippen LogP contribution in [-0.4, -0.2) is 39.8 Å². The number of benzene rings is 1. The lowest BCUT2D eigenvalue weighted by molar-refractivity contribution is -0.123. The highest BCUT2D eigenvalue weighted by molar-refractivity contribution is 6.31. The van der Waals surface area contributed by atoms with Gasteiger partial charge < -0.3 is 15.0 Å². The van der Waals surface area contributed by atoms with Gasteiger partial charge in [-0.3, -0.25) is 9.59 Å². The van der Waals surface area contributed by atoms with Crippen molar-refractivity contribution in [2.75, 3.05) is 13.7 Å². The van der Waals surface area contributed by atoms with E-state index in [1.807, 2.05) is 69.3 Å². The number of amides is 1. The van der Waals surface area contributed by atoms with Gasteiger partial charge in [-0.05, 0) is 63.7 Å². The first-order valence-electron chi connectivity index (χ1n) is 12.0. The average molecular weight is 497 g/mol. The first-order chi connectivity index (χ1) is 16.6. The molecule has 0 atom stereocenters. The standard InChI is InChI=1S/C27H33ClN4O3/c1-27(2,3)29-25(33)16-32-26(34)21-8-6-5-7-20(21)23(30-32)15-31(4)14-19-11-12-22(28)24(13-19)35-17-18-9-10-18/h5-8,12-14,18H,9-11,15-17H2,1-4H3,(H,29,33)/b19-14+. The molecule has 186 valence electrons. The minimum atomic E-state index is -0.390. The number of hydrogen-bond donors (Lipinski definition) is 1. The summed E-state index contributed by atoms with van der Waals surface area (Å²) in [6, 6.07) is 7.39. The number of carbonyl (C=O) groups excluding carboxylic acids is 1. The zero-order valence-electron chi connectivity index (χ0n) is 20.8. The van der Waals surface area contributed by atoms with Gasteiger partial charge in [0.05, 0.1) is 29.3 Å². The summed E-state index contributed by atoms with van der Waals surface area (Å²) in [6.07, 6.45) is 9.15. The quantitative estimate of drug-likeness (QED) is 0.583. The molecule has 35 heavy (non-hydrogen) atoms. The Labute approximate surface area is 211 Å². The molecule has 2 aliphatic carbocycles. The van der Waals surface area contributed by atoms with E-state index in [-0.39, 0.29) is 18.0 Å². The number of rotatable bonds is 8. The van der Waals surface area contributed by atoms with Gasteiger partial charge in [-0.1, -0.05) is 35.9 Å². The molecule has 2 aliphatic rings. The van der Waals surface area contributed by atoms with Gasteiger partial charge in [0.2, 0.25) is 5.91 Å². The number of halogens is 1. The Kier molecular flexibility index (Phi) is 7.36. The van der Waals surface area contributed by atoms with Crippen LogP contribution in [0.15, 0.2) is 63.8 Å². The summed E-state index contributed by atoms with van der Waals surface area (Å²) in [7, 11) is 1.96. The summed E-state index contributed by atoms with van der Waals surface area (Å²) in [6.45, 7) is 6.75. The lowest BCUT2D eigenvalue weighted by atomic mass is 10.1. The smallest absolute Gasteiger partial charge is 0.275 e. The molecule has 0 bridgehead atoms. The van der Waals surface area contributed by atoms with Gasteiger partial charge in [-0.2, -0.15) is 5.10 Å². The molecule has 4 rings (SSSR count). The Hall–Kier alpha value is -3.06. The Bertz CT molecular complexity index is 1270. The summed E-state index contributed by atoms with van der Waals surface area (Å²) >= 11 is 6.35. The minimum absolute atomic E-state index is 0.132. The normalized spacial score (nSPS) is 17.2. The Morgan fingerprint density at radius 2 is 2.00 bits per heavy atom. The van der Waals surface area contributed by atoms with Crippen LogP contribution in [0.4, 0.5) is 0 Å². The third-order valence-corrected chi connectivity index (χ3v) is 6.12. The van der Waals surface area contributed by atoms with E-state index in [2.05, 4.69) is 10.4 Å². The van der Waals surface area contributed by atoms with E-state index >= 15 is 0 Å². The van der Waals surface area contributed by atoms with Crippen LogP contribution < -0.4 is 10.9 Å². The van der Waals surface area contributed by atoms with Gasteiger partial charge >= 0.3 is 0 Å². The van der Waals surface area contributed by atoms with E-state index in [1.165, 1.54) is 17.5 Å². The predicted octanol–water partition coefficient (Wildman–Crippen LogP) is 4.46. The third kappa shape index (κ3) is 6.75. The third-order valence-electron chi connectivity index (χ3n) is 5.78. The Balaban J connectivity index is 1.56. The van der Waals surface area contributed by atoms with Crippen molar-refractivity contribution in [3.63, 3.8) is 0 Å². The van der Waals surface area contributed by atoms with Gasteiger partial charge in [0.1, 0.15) is 12.3 Å². The van der Waals surface area contributed by atoms with E-state index in [1.54, 1.807) is 6.07 Å². The Morgan fingerprint density at radius 1 is 1.29 bits per heavy atom. The molecule has 1 N–H and O–H groups in total. The van der Waals surface area contributed by atoms with Crippen molar-refractivity contribution in [2.24, 2.45) is 5.92 Å². The van der Waals surface area contributed by atoms with Crippen molar-refractivity contribution in [1.82, 2.24) is 20.0 Å². The molecule has 0 unspecified atom stereocenters. The minimum Gasteiger partial charge on any atom is -0.492 e. The average Bonchev–Trinajstić information content (AvgIpc) is 3.60. The van der Waals surface area contributed by atoms with E-state index in [9.17, 15) is 9.59 Å². The summed E-state index contributed by atoms with van der Waals surface area (Å²) in [5, 5.41) is 9.46. The van der Waals surface area contributed by atoms with Crippen molar-refractivity contribution in [3.8, 4) is 0 Å². The lowest BCUT2D eigenvalue weighted by Gasteiger charge is -2.21. The topological polar surface area (TPSA) is 76.5 Å². The maximum atomic E-state index is 13.0. The predicted molar refractivity (Wildman–Crippen MR) is 139 cm³/mol. The number of carbonyl (C=O) groups is 1. The number of allylic oxidation sites excluding steroid dienone is 4. The molecule has 1 aromatic heterocycles. The maximum Gasteiger partial charge on any atom is 0.275 e. The van der Waals surface area contributed by atoms with Crippen LogP contribution in [0.25, 0.3) is 10.8 Å². The van der Waals surface area contributed by atoms with E-state index in [0.717, 1.165) is 16.7 Å². The zero-order chi connectivity index (χ0) is 25.2. The summed E-state index contributed by atoms with van der Waals surface area (Å²) in [5.74, 6) is 1.11. The molecule has 1 heterocycles. The first kappa shape index (κ1) is 25.0. The lowest BCUT2D eigenvalue weighted by Crippen LogP contribution is -2.44. The van der Waals surface area contributed by atoms with Gasteiger partial charge in [0.25, 0.3) is 5.56 Å². The number of fused-ring (bicyclic) bond motifs is 1. The second-order valence-corrected chi connectivity index (χ2v) is 10.8. The van der Waals surface area contributed by atoms with Crippen LogP contribution in [0.2, 0.25) is 0 Å².